The summed E-state index contributed by atoms with van der Waals surface area (Å²) in [5, 5.41) is 10.2. The molecule has 188 valence electrons. The first-order valence-electron chi connectivity index (χ1n) is 11.3. The van der Waals surface area contributed by atoms with Gasteiger partial charge in [0.1, 0.15) is 35.5 Å². The van der Waals surface area contributed by atoms with E-state index in [0.29, 0.717) is 36.0 Å². The van der Waals surface area contributed by atoms with E-state index in [-0.39, 0.29) is 32.8 Å². The van der Waals surface area contributed by atoms with Crippen molar-refractivity contribution in [2.45, 2.75) is 12.8 Å². The van der Waals surface area contributed by atoms with Gasteiger partial charge in [-0.3, -0.25) is 0 Å². The van der Waals surface area contributed by atoms with E-state index in [1.807, 2.05) is 24.3 Å². The second kappa shape index (κ2) is 11.3. The van der Waals surface area contributed by atoms with Crippen molar-refractivity contribution in [3.8, 4) is 29.1 Å². The molecule has 1 aliphatic rings. The van der Waals surface area contributed by atoms with Gasteiger partial charge in [0.2, 0.25) is 5.88 Å². The third-order valence-electron chi connectivity index (χ3n) is 5.48. The van der Waals surface area contributed by atoms with Crippen molar-refractivity contribution in [2.75, 3.05) is 13.2 Å². The van der Waals surface area contributed by atoms with Crippen LogP contribution in [0.4, 0.5) is 0 Å². The molecule has 1 heterocycles. The molecule has 0 radical (unpaired) electrons. The average Bonchev–Trinajstić information content (AvgIpc) is 2.88. The van der Waals surface area contributed by atoms with Gasteiger partial charge in [-0.15, -0.1) is 0 Å². The summed E-state index contributed by atoms with van der Waals surface area (Å²) in [6, 6.07) is 17.2. The zero-order valence-corrected chi connectivity index (χ0v) is 21.3. The van der Waals surface area contributed by atoms with Gasteiger partial charge < -0.3 is 24.7 Å². The van der Waals surface area contributed by atoms with Crippen molar-refractivity contribution in [1.29, 1.82) is 5.26 Å². The number of allylic oxidation sites excluding steroid dienone is 1. The van der Waals surface area contributed by atoms with Crippen LogP contribution in [0.15, 0.2) is 78.7 Å². The molecule has 7 nitrogen and oxygen atoms in total. The number of ether oxygens (including phenoxy) is 4. The van der Waals surface area contributed by atoms with Gasteiger partial charge in [0.15, 0.2) is 5.75 Å². The number of rotatable bonds is 8. The fraction of sp³-hybridized carbons (Fsp3) is 0.143. The lowest BCUT2D eigenvalue weighted by molar-refractivity contribution is 0.0734. The van der Waals surface area contributed by atoms with Crippen LogP contribution in [-0.2, 0) is 0 Å². The largest absolute Gasteiger partial charge is 0.491 e. The van der Waals surface area contributed by atoms with E-state index in [2.05, 4.69) is 12.6 Å². The van der Waals surface area contributed by atoms with Crippen LogP contribution in [-0.4, -0.2) is 19.2 Å². The first kappa shape index (κ1) is 26.0. The zero-order valence-electron chi connectivity index (χ0n) is 19.8. The minimum atomic E-state index is -0.674. The van der Waals surface area contributed by atoms with Crippen LogP contribution in [0.5, 0.6) is 23.0 Å². The lowest BCUT2D eigenvalue weighted by Crippen LogP contribution is -2.21. The van der Waals surface area contributed by atoms with Crippen LogP contribution in [0.1, 0.15) is 34.3 Å². The van der Waals surface area contributed by atoms with Gasteiger partial charge in [-0.25, -0.2) is 4.79 Å². The highest BCUT2D eigenvalue weighted by Crippen LogP contribution is 2.44. The Morgan fingerprint density at radius 3 is 2.57 bits per heavy atom. The quantitative estimate of drug-likeness (QED) is 0.202. The SMILES string of the molecule is C=CCOc1cccc(C2C(C#N)=C(N)Oc3cc(OC(=O)c4cc(Cl)c(OCC)c(Cl)c4)ccc32)c1. The minimum absolute atomic E-state index is 0.0361. The molecule has 3 aromatic carbocycles. The van der Waals surface area contributed by atoms with Gasteiger partial charge >= 0.3 is 5.97 Å². The van der Waals surface area contributed by atoms with Gasteiger partial charge in [-0.05, 0) is 42.8 Å². The fourth-order valence-electron chi connectivity index (χ4n) is 3.91. The Labute approximate surface area is 224 Å². The second-order valence-electron chi connectivity index (χ2n) is 7.89. The van der Waals surface area contributed by atoms with Crippen LogP contribution in [0.3, 0.4) is 0 Å². The molecule has 0 aromatic heterocycles. The number of hydrogen-bond acceptors (Lipinski definition) is 7. The predicted molar refractivity (Wildman–Crippen MR) is 140 cm³/mol. The third kappa shape index (κ3) is 5.51. The van der Waals surface area contributed by atoms with Crippen LogP contribution < -0.4 is 24.7 Å². The molecular formula is C28H22Cl2N2O5. The summed E-state index contributed by atoms with van der Waals surface area (Å²) in [5.41, 5.74) is 7.98. The number of nitriles is 1. The lowest BCUT2D eigenvalue weighted by atomic mass is 9.83. The van der Waals surface area contributed by atoms with Crippen LogP contribution in [0.25, 0.3) is 0 Å². The monoisotopic (exact) mass is 536 g/mol. The topological polar surface area (TPSA) is 104 Å². The zero-order chi connectivity index (χ0) is 26.5. The number of nitrogens with zero attached hydrogens (tertiary/aromatic N) is 1. The van der Waals surface area contributed by atoms with Gasteiger partial charge in [-0.1, -0.05) is 54.1 Å². The maximum atomic E-state index is 12.8. The van der Waals surface area contributed by atoms with Crippen LogP contribution in [0, 0.1) is 11.3 Å². The number of carbonyl (C=O) groups is 1. The molecule has 0 amide bonds. The van der Waals surface area contributed by atoms with Crippen LogP contribution >= 0.6 is 23.2 Å². The van der Waals surface area contributed by atoms with Crippen molar-refractivity contribution >= 4 is 29.2 Å². The molecule has 0 saturated carbocycles. The van der Waals surface area contributed by atoms with E-state index >= 15 is 0 Å². The highest BCUT2D eigenvalue weighted by atomic mass is 35.5. The average molecular weight is 537 g/mol. The van der Waals surface area contributed by atoms with Gasteiger partial charge in [0.05, 0.1) is 28.1 Å². The lowest BCUT2D eigenvalue weighted by Gasteiger charge is -2.27. The Kier molecular flexibility index (Phi) is 7.92. The first-order chi connectivity index (χ1) is 17.9. The van der Waals surface area contributed by atoms with Gasteiger partial charge in [0.25, 0.3) is 0 Å². The number of hydrogen-bond donors (Lipinski definition) is 1. The normalized spacial score (nSPS) is 14.2. The van der Waals surface area contributed by atoms with E-state index in [0.717, 1.165) is 5.56 Å². The smallest absolute Gasteiger partial charge is 0.343 e. The van der Waals surface area contributed by atoms with Crippen LogP contribution in [0.2, 0.25) is 10.0 Å². The van der Waals surface area contributed by atoms with Crippen molar-refractivity contribution in [1.82, 2.24) is 0 Å². The number of benzene rings is 3. The van der Waals surface area contributed by atoms with E-state index in [1.165, 1.54) is 18.2 Å². The molecule has 37 heavy (non-hydrogen) atoms. The summed E-state index contributed by atoms with van der Waals surface area (Å²) in [6.45, 7) is 6.17. The Morgan fingerprint density at radius 2 is 1.89 bits per heavy atom. The molecule has 0 fully saturated rings. The van der Waals surface area contributed by atoms with Crippen molar-refractivity contribution in [2.24, 2.45) is 5.73 Å². The molecular weight excluding hydrogens is 515 g/mol. The van der Waals surface area contributed by atoms with Gasteiger partial charge in [0, 0.05) is 11.6 Å². The fourth-order valence-corrected chi connectivity index (χ4v) is 4.50. The molecule has 0 spiro atoms. The molecule has 1 atom stereocenters. The molecule has 0 bridgehead atoms. The molecule has 1 unspecified atom stereocenters. The number of carbonyl (C=O) groups excluding carboxylic acids is 1. The van der Waals surface area contributed by atoms with Crippen molar-refractivity contribution in [3.05, 3.63) is 105 Å². The molecule has 1 aliphatic heterocycles. The summed E-state index contributed by atoms with van der Waals surface area (Å²) in [7, 11) is 0. The number of halogens is 2. The third-order valence-corrected chi connectivity index (χ3v) is 6.04. The maximum Gasteiger partial charge on any atom is 0.343 e. The standard InChI is InChI=1S/C28H22Cl2N2O5/c1-3-10-35-18-7-5-6-16(11-18)25-20-9-8-19(14-24(20)37-27(32)21(25)15-31)36-28(33)17-12-22(29)26(34-4-2)23(30)13-17/h3,5-9,11-14,25H,1,4,10,32H2,2H3. The summed E-state index contributed by atoms with van der Waals surface area (Å²) in [4.78, 5) is 12.8. The maximum absolute atomic E-state index is 12.8. The van der Waals surface area contributed by atoms with E-state index in [4.69, 9.17) is 47.9 Å². The summed E-state index contributed by atoms with van der Waals surface area (Å²) in [5.74, 6) is 0.268. The number of nitrogens with two attached hydrogens (primary N) is 1. The predicted octanol–water partition coefficient (Wildman–Crippen LogP) is 6.39. The second-order valence-corrected chi connectivity index (χ2v) is 8.70. The highest BCUT2D eigenvalue weighted by molar-refractivity contribution is 6.37. The molecule has 9 heteroatoms. The summed E-state index contributed by atoms with van der Waals surface area (Å²) >= 11 is 12.4. The Morgan fingerprint density at radius 1 is 1.14 bits per heavy atom. The molecule has 2 N–H and O–H groups in total. The molecule has 0 aliphatic carbocycles. The van der Waals surface area contributed by atoms with E-state index in [1.54, 1.807) is 25.1 Å². The number of esters is 1. The van der Waals surface area contributed by atoms with Crippen molar-refractivity contribution < 1.29 is 23.7 Å². The summed E-state index contributed by atoms with van der Waals surface area (Å²) in [6.07, 6.45) is 1.65. The Balaban J connectivity index is 1.65. The first-order valence-corrected chi connectivity index (χ1v) is 12.0. The molecule has 0 saturated heterocycles. The molecule has 3 aromatic rings. The Hall–Kier alpha value is -4.12. The minimum Gasteiger partial charge on any atom is -0.491 e. The highest BCUT2D eigenvalue weighted by Gasteiger charge is 2.31. The van der Waals surface area contributed by atoms with Crippen molar-refractivity contribution in [3.63, 3.8) is 0 Å². The molecule has 4 rings (SSSR count). The van der Waals surface area contributed by atoms with E-state index < -0.39 is 11.9 Å². The van der Waals surface area contributed by atoms with Gasteiger partial charge in [-0.2, -0.15) is 5.26 Å². The number of fused-ring (bicyclic) bond motifs is 1. The summed E-state index contributed by atoms with van der Waals surface area (Å²) < 4.78 is 22.3. The van der Waals surface area contributed by atoms with E-state index in [9.17, 15) is 10.1 Å². The Bertz CT molecular complexity index is 1420.